The Balaban J connectivity index is 1.70. The average molecular weight is 544 g/mol. The summed E-state index contributed by atoms with van der Waals surface area (Å²) in [4.78, 5) is 17.4. The SMILES string of the molecule is C[C@@H]1CN([C@H](C)CO)C(=O)c2cccc(NS(=O)(=O)c3cccs3)c2O[C@H]1CN(C)Cc1ccccc1. The molecule has 198 valence electrons. The number of fused-ring (bicyclic) bond motifs is 1. The number of aliphatic hydroxyl groups excluding tert-OH is 1. The van der Waals surface area contributed by atoms with Gasteiger partial charge < -0.3 is 14.7 Å². The summed E-state index contributed by atoms with van der Waals surface area (Å²) < 4.78 is 35.4. The number of amides is 1. The van der Waals surface area contributed by atoms with E-state index in [9.17, 15) is 18.3 Å². The molecule has 1 amide bonds. The number of carbonyl (C=O) groups is 1. The molecule has 0 bridgehead atoms. The third kappa shape index (κ3) is 6.32. The quantitative estimate of drug-likeness (QED) is 0.425. The Hall–Kier alpha value is -2.92. The van der Waals surface area contributed by atoms with E-state index < -0.39 is 16.1 Å². The van der Waals surface area contributed by atoms with Crippen molar-refractivity contribution in [2.45, 2.75) is 36.7 Å². The molecule has 2 heterocycles. The van der Waals surface area contributed by atoms with Crippen LogP contribution in [0.2, 0.25) is 0 Å². The second-order valence-electron chi connectivity index (χ2n) is 9.52. The maximum absolute atomic E-state index is 13.6. The van der Waals surface area contributed by atoms with E-state index in [1.54, 1.807) is 41.5 Å². The van der Waals surface area contributed by atoms with Gasteiger partial charge in [-0.15, -0.1) is 11.3 Å². The molecule has 1 aliphatic rings. The third-order valence-electron chi connectivity index (χ3n) is 6.48. The first-order valence-corrected chi connectivity index (χ1v) is 14.6. The molecule has 3 aromatic rings. The molecule has 0 saturated carbocycles. The third-order valence-corrected chi connectivity index (χ3v) is 9.25. The number of rotatable bonds is 9. The van der Waals surface area contributed by atoms with E-state index in [1.165, 1.54) is 11.6 Å². The first-order valence-electron chi connectivity index (χ1n) is 12.2. The first-order chi connectivity index (χ1) is 17.7. The molecular weight excluding hydrogens is 510 g/mol. The van der Waals surface area contributed by atoms with Gasteiger partial charge in [0, 0.05) is 25.6 Å². The molecule has 2 aromatic carbocycles. The number of para-hydroxylation sites is 1. The number of thiophene rings is 1. The van der Waals surface area contributed by atoms with Crippen LogP contribution >= 0.6 is 11.3 Å². The fourth-order valence-electron chi connectivity index (χ4n) is 4.42. The minimum absolute atomic E-state index is 0.0914. The van der Waals surface area contributed by atoms with Crippen molar-refractivity contribution in [3.05, 3.63) is 77.2 Å². The Morgan fingerprint density at radius 2 is 1.92 bits per heavy atom. The minimum atomic E-state index is -3.86. The van der Waals surface area contributed by atoms with Crippen molar-refractivity contribution in [3.8, 4) is 5.75 Å². The first kappa shape index (κ1) is 27.1. The maximum Gasteiger partial charge on any atom is 0.271 e. The van der Waals surface area contributed by atoms with Crippen LogP contribution in [0.1, 0.15) is 29.8 Å². The van der Waals surface area contributed by atoms with Gasteiger partial charge in [-0.25, -0.2) is 8.42 Å². The molecule has 1 aliphatic heterocycles. The molecule has 0 spiro atoms. The van der Waals surface area contributed by atoms with E-state index in [-0.39, 0.29) is 45.7 Å². The number of ether oxygens (including phenoxy) is 1. The average Bonchev–Trinajstić information content (AvgIpc) is 3.43. The number of anilines is 1. The van der Waals surface area contributed by atoms with E-state index in [4.69, 9.17) is 4.74 Å². The fraction of sp³-hybridized carbons (Fsp3) is 0.370. The second kappa shape index (κ2) is 11.6. The van der Waals surface area contributed by atoms with Gasteiger partial charge in [0.15, 0.2) is 5.75 Å². The van der Waals surface area contributed by atoms with Crippen molar-refractivity contribution in [1.82, 2.24) is 9.80 Å². The lowest BCUT2D eigenvalue weighted by atomic mass is 9.99. The van der Waals surface area contributed by atoms with Crippen LogP contribution in [0.4, 0.5) is 5.69 Å². The lowest BCUT2D eigenvalue weighted by Crippen LogP contribution is -2.49. The van der Waals surface area contributed by atoms with Gasteiger partial charge in [0.1, 0.15) is 10.3 Å². The van der Waals surface area contributed by atoms with Gasteiger partial charge in [0.2, 0.25) is 0 Å². The number of sulfonamides is 1. The molecular formula is C27H33N3O5S2. The highest BCUT2D eigenvalue weighted by molar-refractivity contribution is 7.94. The van der Waals surface area contributed by atoms with Crippen LogP contribution in [0.25, 0.3) is 0 Å². The molecule has 3 atom stereocenters. The van der Waals surface area contributed by atoms with Crippen molar-refractivity contribution in [2.24, 2.45) is 5.92 Å². The molecule has 1 aromatic heterocycles. The summed E-state index contributed by atoms with van der Waals surface area (Å²) in [6.45, 7) is 5.29. The summed E-state index contributed by atoms with van der Waals surface area (Å²) >= 11 is 1.11. The van der Waals surface area contributed by atoms with Crippen LogP contribution in [0.3, 0.4) is 0 Å². The molecule has 10 heteroatoms. The van der Waals surface area contributed by atoms with Crippen molar-refractivity contribution < 1.29 is 23.1 Å². The Bertz CT molecular complexity index is 1300. The summed E-state index contributed by atoms with van der Waals surface area (Å²) in [6.07, 6.45) is -0.346. The standard InChI is InChI=1S/C27H33N3O5S2/c1-19-15-30(20(2)18-31)27(32)22-11-7-12-23(28-37(33,34)25-13-8-14-36-25)26(22)35-24(19)17-29(3)16-21-9-5-4-6-10-21/h4-14,19-20,24,28,31H,15-18H2,1-3H3/t19-,20-,24+/m1/s1. The molecule has 8 nitrogen and oxygen atoms in total. The van der Waals surface area contributed by atoms with Gasteiger partial charge in [-0.05, 0) is 43.1 Å². The van der Waals surface area contributed by atoms with Gasteiger partial charge in [-0.2, -0.15) is 0 Å². The van der Waals surface area contributed by atoms with E-state index in [0.717, 1.165) is 11.3 Å². The van der Waals surface area contributed by atoms with E-state index in [2.05, 4.69) is 21.8 Å². The molecule has 0 aliphatic carbocycles. The molecule has 0 radical (unpaired) electrons. The molecule has 0 fully saturated rings. The monoisotopic (exact) mass is 543 g/mol. The van der Waals surface area contributed by atoms with Crippen LogP contribution in [-0.4, -0.2) is 68.1 Å². The van der Waals surface area contributed by atoms with Crippen molar-refractivity contribution in [3.63, 3.8) is 0 Å². The predicted octanol–water partition coefficient (Wildman–Crippen LogP) is 3.90. The van der Waals surface area contributed by atoms with E-state index in [1.807, 2.05) is 32.2 Å². The van der Waals surface area contributed by atoms with Crippen LogP contribution in [-0.2, 0) is 16.6 Å². The van der Waals surface area contributed by atoms with Crippen molar-refractivity contribution in [1.29, 1.82) is 0 Å². The smallest absolute Gasteiger partial charge is 0.271 e. The summed E-state index contributed by atoms with van der Waals surface area (Å²) in [6, 6.07) is 17.8. The highest BCUT2D eigenvalue weighted by atomic mass is 32.2. The van der Waals surface area contributed by atoms with Crippen LogP contribution in [0, 0.1) is 5.92 Å². The lowest BCUT2D eigenvalue weighted by Gasteiger charge is -2.38. The number of hydrogen-bond acceptors (Lipinski definition) is 7. The number of nitrogens with zero attached hydrogens (tertiary/aromatic N) is 2. The van der Waals surface area contributed by atoms with Crippen LogP contribution < -0.4 is 9.46 Å². The van der Waals surface area contributed by atoms with Gasteiger partial charge >= 0.3 is 0 Å². The zero-order valence-corrected chi connectivity index (χ0v) is 22.8. The number of nitrogens with one attached hydrogen (secondary N) is 1. The largest absolute Gasteiger partial charge is 0.486 e. The summed E-state index contributed by atoms with van der Waals surface area (Å²) in [5.41, 5.74) is 1.63. The zero-order valence-electron chi connectivity index (χ0n) is 21.2. The second-order valence-corrected chi connectivity index (χ2v) is 12.4. The lowest BCUT2D eigenvalue weighted by molar-refractivity contribution is 0.0344. The van der Waals surface area contributed by atoms with Gasteiger partial charge in [-0.3, -0.25) is 14.4 Å². The number of hydrogen-bond donors (Lipinski definition) is 2. The maximum atomic E-state index is 13.6. The Morgan fingerprint density at radius 1 is 1.16 bits per heavy atom. The molecule has 2 N–H and O–H groups in total. The minimum Gasteiger partial charge on any atom is -0.486 e. The zero-order chi connectivity index (χ0) is 26.6. The molecule has 0 saturated heterocycles. The van der Waals surface area contributed by atoms with Gasteiger partial charge in [0.05, 0.1) is 23.9 Å². The normalized spacial score (nSPS) is 19.1. The molecule has 0 unspecified atom stereocenters. The number of carbonyl (C=O) groups excluding carboxylic acids is 1. The number of aliphatic hydroxyl groups is 1. The van der Waals surface area contributed by atoms with E-state index >= 15 is 0 Å². The summed E-state index contributed by atoms with van der Waals surface area (Å²) in [5.74, 6) is -0.199. The Kier molecular flexibility index (Phi) is 8.53. The fourth-order valence-corrected chi connectivity index (χ4v) is 6.48. The number of benzene rings is 2. The summed E-state index contributed by atoms with van der Waals surface area (Å²) in [7, 11) is -1.85. The van der Waals surface area contributed by atoms with Crippen LogP contribution in [0.5, 0.6) is 5.75 Å². The highest BCUT2D eigenvalue weighted by Gasteiger charge is 2.35. The predicted molar refractivity (Wildman–Crippen MR) is 146 cm³/mol. The Morgan fingerprint density at radius 3 is 2.59 bits per heavy atom. The Labute approximate surface area is 222 Å². The topological polar surface area (TPSA) is 99.2 Å². The van der Waals surface area contributed by atoms with Crippen LogP contribution in [0.15, 0.2) is 70.3 Å². The summed E-state index contributed by atoms with van der Waals surface area (Å²) in [5, 5.41) is 11.6. The van der Waals surface area contributed by atoms with Crippen molar-refractivity contribution in [2.75, 3.05) is 31.5 Å². The van der Waals surface area contributed by atoms with E-state index in [0.29, 0.717) is 19.6 Å². The number of likely N-dealkylation sites (N-methyl/N-ethyl adjacent to an activating group) is 1. The molecule has 37 heavy (non-hydrogen) atoms. The highest BCUT2D eigenvalue weighted by Crippen LogP contribution is 2.36. The van der Waals surface area contributed by atoms with Gasteiger partial charge in [-0.1, -0.05) is 49.4 Å². The van der Waals surface area contributed by atoms with Gasteiger partial charge in [0.25, 0.3) is 15.9 Å². The van der Waals surface area contributed by atoms with Crippen molar-refractivity contribution >= 4 is 33.0 Å². The molecule has 4 rings (SSSR count).